The first kappa shape index (κ1) is 19.6. The van der Waals surface area contributed by atoms with Crippen molar-refractivity contribution in [3.63, 3.8) is 0 Å². The summed E-state index contributed by atoms with van der Waals surface area (Å²) in [5, 5.41) is 14.7. The minimum absolute atomic E-state index is 0.0938. The molecule has 1 fully saturated rings. The Balaban J connectivity index is 1.52. The maximum Gasteiger partial charge on any atom is 0.335 e. The maximum absolute atomic E-state index is 12.2. The zero-order chi connectivity index (χ0) is 19.9. The van der Waals surface area contributed by atoms with Crippen LogP contribution in [0.5, 0.6) is 0 Å². The molecule has 0 aromatic heterocycles. The fourth-order valence-corrected chi connectivity index (χ4v) is 3.03. The van der Waals surface area contributed by atoms with Gasteiger partial charge >= 0.3 is 5.97 Å². The van der Waals surface area contributed by atoms with E-state index in [2.05, 4.69) is 10.6 Å². The first-order valence-corrected chi connectivity index (χ1v) is 9.11. The summed E-state index contributed by atoms with van der Waals surface area (Å²) >= 11 is 0. The second kappa shape index (κ2) is 9.14. The molecule has 3 rings (SSSR count). The van der Waals surface area contributed by atoms with Crippen LogP contribution in [0, 0.1) is 0 Å². The molecule has 3 N–H and O–H groups in total. The average Bonchev–Trinajstić information content (AvgIpc) is 3.22. The van der Waals surface area contributed by atoms with Crippen molar-refractivity contribution >= 4 is 23.5 Å². The van der Waals surface area contributed by atoms with Crippen LogP contribution in [-0.2, 0) is 27.3 Å². The van der Waals surface area contributed by atoms with Crippen LogP contribution in [0.1, 0.15) is 34.3 Å². The van der Waals surface area contributed by atoms with Crippen LogP contribution in [0.2, 0.25) is 0 Å². The SMILES string of the molecule is O=C(Cc1cccc(C(=O)O)c1)NCc1cccc(NC(=O)C2CCCO2)c1. The second-order valence-corrected chi connectivity index (χ2v) is 6.65. The maximum atomic E-state index is 12.2. The van der Waals surface area contributed by atoms with Gasteiger partial charge in [-0.2, -0.15) is 0 Å². The van der Waals surface area contributed by atoms with Crippen molar-refractivity contribution in [3.8, 4) is 0 Å². The van der Waals surface area contributed by atoms with Gasteiger partial charge in [0.05, 0.1) is 12.0 Å². The normalized spacial score (nSPS) is 15.8. The van der Waals surface area contributed by atoms with Gasteiger partial charge < -0.3 is 20.5 Å². The molecule has 146 valence electrons. The zero-order valence-electron chi connectivity index (χ0n) is 15.3. The van der Waals surface area contributed by atoms with Gasteiger partial charge in [-0.3, -0.25) is 9.59 Å². The third kappa shape index (κ3) is 5.40. The lowest BCUT2D eigenvalue weighted by Crippen LogP contribution is -2.27. The lowest BCUT2D eigenvalue weighted by atomic mass is 10.1. The minimum Gasteiger partial charge on any atom is -0.478 e. The summed E-state index contributed by atoms with van der Waals surface area (Å²) < 4.78 is 5.37. The monoisotopic (exact) mass is 382 g/mol. The molecule has 0 spiro atoms. The predicted molar refractivity (Wildman–Crippen MR) is 103 cm³/mol. The molecule has 0 aliphatic carbocycles. The highest BCUT2D eigenvalue weighted by molar-refractivity contribution is 5.94. The predicted octanol–water partition coefficient (Wildman–Crippen LogP) is 2.36. The van der Waals surface area contributed by atoms with Crippen molar-refractivity contribution in [2.24, 2.45) is 0 Å². The van der Waals surface area contributed by atoms with Gasteiger partial charge in [-0.15, -0.1) is 0 Å². The quantitative estimate of drug-likeness (QED) is 0.682. The number of amides is 2. The Morgan fingerprint density at radius 3 is 2.61 bits per heavy atom. The van der Waals surface area contributed by atoms with Crippen molar-refractivity contribution in [1.82, 2.24) is 5.32 Å². The van der Waals surface area contributed by atoms with E-state index in [1.807, 2.05) is 12.1 Å². The van der Waals surface area contributed by atoms with Gasteiger partial charge in [0.15, 0.2) is 0 Å². The molecule has 0 saturated carbocycles. The van der Waals surface area contributed by atoms with Gasteiger partial charge in [-0.05, 0) is 48.2 Å². The van der Waals surface area contributed by atoms with Crippen LogP contribution in [0.4, 0.5) is 5.69 Å². The van der Waals surface area contributed by atoms with Crippen LogP contribution >= 0.6 is 0 Å². The summed E-state index contributed by atoms with van der Waals surface area (Å²) in [6.45, 7) is 0.917. The van der Waals surface area contributed by atoms with E-state index in [4.69, 9.17) is 9.84 Å². The molecule has 7 heteroatoms. The fourth-order valence-electron chi connectivity index (χ4n) is 3.03. The van der Waals surface area contributed by atoms with Crippen molar-refractivity contribution in [2.75, 3.05) is 11.9 Å². The van der Waals surface area contributed by atoms with E-state index in [0.717, 1.165) is 18.4 Å². The van der Waals surface area contributed by atoms with Crippen molar-refractivity contribution < 1.29 is 24.2 Å². The molecule has 2 aromatic carbocycles. The van der Waals surface area contributed by atoms with Crippen LogP contribution in [0.25, 0.3) is 0 Å². The number of hydrogen-bond acceptors (Lipinski definition) is 4. The molecule has 2 amide bonds. The Kier molecular flexibility index (Phi) is 6.39. The number of hydrogen-bond donors (Lipinski definition) is 3. The smallest absolute Gasteiger partial charge is 0.335 e. The van der Waals surface area contributed by atoms with Crippen molar-refractivity contribution in [2.45, 2.75) is 31.9 Å². The molecule has 7 nitrogen and oxygen atoms in total. The molecule has 1 aliphatic heterocycles. The molecule has 0 bridgehead atoms. The summed E-state index contributed by atoms with van der Waals surface area (Å²) in [6.07, 6.45) is 1.31. The molecule has 0 radical (unpaired) electrons. The zero-order valence-corrected chi connectivity index (χ0v) is 15.3. The first-order valence-electron chi connectivity index (χ1n) is 9.11. The number of benzene rings is 2. The lowest BCUT2D eigenvalue weighted by Gasteiger charge is -2.12. The molecular weight excluding hydrogens is 360 g/mol. The number of carbonyl (C=O) groups is 3. The van der Waals surface area contributed by atoms with E-state index in [0.29, 0.717) is 24.4 Å². The molecule has 1 unspecified atom stereocenters. The molecule has 1 atom stereocenters. The summed E-state index contributed by atoms with van der Waals surface area (Å²) in [7, 11) is 0. The summed E-state index contributed by atoms with van der Waals surface area (Å²) in [5.74, 6) is -1.39. The van der Waals surface area contributed by atoms with E-state index in [1.165, 1.54) is 12.1 Å². The highest BCUT2D eigenvalue weighted by Gasteiger charge is 2.23. The lowest BCUT2D eigenvalue weighted by molar-refractivity contribution is -0.124. The Morgan fingerprint density at radius 1 is 1.07 bits per heavy atom. The molecule has 2 aromatic rings. The largest absolute Gasteiger partial charge is 0.478 e. The second-order valence-electron chi connectivity index (χ2n) is 6.65. The highest BCUT2D eigenvalue weighted by atomic mass is 16.5. The van der Waals surface area contributed by atoms with Gasteiger partial charge in [-0.25, -0.2) is 4.79 Å². The number of rotatable bonds is 7. The number of anilines is 1. The standard InChI is InChI=1S/C21H22N2O5/c24-19(12-14-4-1-6-16(10-14)21(26)27)22-13-15-5-2-7-17(11-15)23-20(25)18-8-3-9-28-18/h1-2,4-7,10-11,18H,3,8-9,12-13H2,(H,22,24)(H,23,25)(H,26,27). The summed E-state index contributed by atoms with van der Waals surface area (Å²) in [4.78, 5) is 35.3. The number of aromatic carboxylic acids is 1. The Labute approximate surface area is 162 Å². The fraction of sp³-hybridized carbons (Fsp3) is 0.286. The minimum atomic E-state index is -1.02. The molecule has 1 saturated heterocycles. The van der Waals surface area contributed by atoms with E-state index in [-0.39, 0.29) is 23.8 Å². The molecule has 28 heavy (non-hydrogen) atoms. The van der Waals surface area contributed by atoms with Crippen molar-refractivity contribution in [3.05, 3.63) is 65.2 Å². The third-order valence-electron chi connectivity index (χ3n) is 4.44. The van der Waals surface area contributed by atoms with Gasteiger partial charge in [0.25, 0.3) is 5.91 Å². The van der Waals surface area contributed by atoms with Crippen LogP contribution in [0.15, 0.2) is 48.5 Å². The number of carboxylic acids is 1. The van der Waals surface area contributed by atoms with E-state index in [9.17, 15) is 14.4 Å². The highest BCUT2D eigenvalue weighted by Crippen LogP contribution is 2.16. The topological polar surface area (TPSA) is 105 Å². The van der Waals surface area contributed by atoms with E-state index < -0.39 is 12.1 Å². The number of carboxylic acid groups (broad SMARTS) is 1. The Bertz CT molecular complexity index is 875. The first-order chi connectivity index (χ1) is 13.5. The average molecular weight is 382 g/mol. The van der Waals surface area contributed by atoms with Gasteiger partial charge in [0.1, 0.15) is 6.10 Å². The number of nitrogens with one attached hydrogen (secondary N) is 2. The Hall–Kier alpha value is -3.19. The van der Waals surface area contributed by atoms with Gasteiger partial charge in [0.2, 0.25) is 5.91 Å². The number of carbonyl (C=O) groups excluding carboxylic acids is 2. The summed E-state index contributed by atoms with van der Waals surface area (Å²) in [6, 6.07) is 13.6. The molecular formula is C21H22N2O5. The van der Waals surface area contributed by atoms with E-state index in [1.54, 1.807) is 24.3 Å². The van der Waals surface area contributed by atoms with Crippen molar-refractivity contribution in [1.29, 1.82) is 0 Å². The third-order valence-corrected chi connectivity index (χ3v) is 4.44. The molecule has 1 aliphatic rings. The van der Waals surface area contributed by atoms with Crippen LogP contribution < -0.4 is 10.6 Å². The van der Waals surface area contributed by atoms with Gasteiger partial charge in [0, 0.05) is 18.8 Å². The van der Waals surface area contributed by atoms with Gasteiger partial charge in [-0.1, -0.05) is 24.3 Å². The van der Waals surface area contributed by atoms with Crippen LogP contribution in [-0.4, -0.2) is 35.6 Å². The Morgan fingerprint density at radius 2 is 1.86 bits per heavy atom. The summed E-state index contributed by atoms with van der Waals surface area (Å²) in [5.41, 5.74) is 2.29. The van der Waals surface area contributed by atoms with E-state index >= 15 is 0 Å². The van der Waals surface area contributed by atoms with Crippen LogP contribution in [0.3, 0.4) is 0 Å². The number of ether oxygens (including phenoxy) is 1. The molecule has 1 heterocycles.